The number of aliphatic carboxylic acids is 2. The van der Waals surface area contributed by atoms with Crippen LogP contribution in [0.2, 0.25) is 0 Å². The van der Waals surface area contributed by atoms with Gasteiger partial charge in [-0.15, -0.1) is 0 Å². The van der Waals surface area contributed by atoms with Gasteiger partial charge in [0, 0.05) is 0 Å². The SMILES string of the molecule is O=C([O-])C(=O)[O-].[Na+]. The molecule has 0 radical (unpaired) electrons. The fourth-order valence-electron chi connectivity index (χ4n) is 0. The molecule has 7 heavy (non-hydrogen) atoms. The molecule has 0 atom stereocenters. The minimum atomic E-state index is -2.19. The van der Waals surface area contributed by atoms with Crippen molar-refractivity contribution in [1.82, 2.24) is 0 Å². The van der Waals surface area contributed by atoms with E-state index in [1.165, 1.54) is 0 Å². The van der Waals surface area contributed by atoms with Crippen LogP contribution in [0, 0.1) is 0 Å². The molecule has 0 aliphatic rings. The smallest absolute Gasteiger partial charge is 0.543 e. The van der Waals surface area contributed by atoms with E-state index in [9.17, 15) is 0 Å². The molecule has 0 amide bonds. The molecule has 0 aliphatic heterocycles. The van der Waals surface area contributed by atoms with Crippen molar-refractivity contribution < 1.29 is 49.4 Å². The molecule has 0 N–H and O–H groups in total. The maximum Gasteiger partial charge on any atom is 1.00 e. The molecule has 0 aromatic heterocycles. The minimum Gasteiger partial charge on any atom is -0.543 e. The van der Waals surface area contributed by atoms with E-state index in [0.717, 1.165) is 0 Å². The van der Waals surface area contributed by atoms with Gasteiger partial charge >= 0.3 is 29.6 Å². The van der Waals surface area contributed by atoms with E-state index in [4.69, 9.17) is 19.8 Å². The van der Waals surface area contributed by atoms with Crippen LogP contribution in [0.3, 0.4) is 0 Å². The van der Waals surface area contributed by atoms with Crippen molar-refractivity contribution in [3.63, 3.8) is 0 Å². The summed E-state index contributed by atoms with van der Waals surface area (Å²) in [6.45, 7) is 0. The Balaban J connectivity index is 0. The first kappa shape index (κ1) is 10.0. The summed E-state index contributed by atoms with van der Waals surface area (Å²) < 4.78 is 0. The van der Waals surface area contributed by atoms with Gasteiger partial charge in [0.25, 0.3) is 0 Å². The molecule has 0 saturated carbocycles. The molecular weight excluding hydrogens is 111 g/mol. The zero-order valence-corrected chi connectivity index (χ0v) is 5.63. The standard InChI is InChI=1S/C2H2O4.Na/c3-1(4)2(5)6;/h(H,3,4)(H,5,6);/q;+1/p-2. The van der Waals surface area contributed by atoms with E-state index < -0.39 is 11.9 Å². The third kappa shape index (κ3) is 5.94. The Kier molecular flexibility index (Phi) is 5.89. The average Bonchev–Trinajstić information content (AvgIpc) is 1.36. The van der Waals surface area contributed by atoms with E-state index in [1.807, 2.05) is 0 Å². The maximum absolute atomic E-state index is 8.93. The van der Waals surface area contributed by atoms with Gasteiger partial charge in [-0.3, -0.25) is 0 Å². The number of carboxylic acids is 2. The van der Waals surface area contributed by atoms with Crippen molar-refractivity contribution >= 4 is 11.9 Å². The summed E-state index contributed by atoms with van der Waals surface area (Å²) in [6.07, 6.45) is 0. The van der Waals surface area contributed by atoms with E-state index in [1.54, 1.807) is 0 Å². The minimum absolute atomic E-state index is 0. The second-order valence-electron chi connectivity index (χ2n) is 0.575. The Labute approximate surface area is 61.4 Å². The van der Waals surface area contributed by atoms with Crippen LogP contribution in [-0.2, 0) is 9.59 Å². The van der Waals surface area contributed by atoms with Gasteiger partial charge in [0.05, 0.1) is 11.9 Å². The van der Waals surface area contributed by atoms with Crippen LogP contribution in [-0.4, -0.2) is 11.9 Å². The Morgan fingerprint density at radius 3 is 1.14 bits per heavy atom. The number of carboxylic acid groups (broad SMARTS) is 2. The molecule has 0 heterocycles. The number of hydrogen-bond donors (Lipinski definition) is 0. The first-order chi connectivity index (χ1) is 2.64. The summed E-state index contributed by atoms with van der Waals surface area (Å²) in [5.41, 5.74) is 0. The van der Waals surface area contributed by atoms with Crippen molar-refractivity contribution in [1.29, 1.82) is 0 Å². The number of hydrogen-bond acceptors (Lipinski definition) is 4. The molecule has 0 fully saturated rings. The number of carbonyl (C=O) groups is 2. The van der Waals surface area contributed by atoms with Crippen LogP contribution in [0.25, 0.3) is 0 Å². The molecule has 34 valence electrons. The molecule has 0 aromatic carbocycles. The predicted octanol–water partition coefficient (Wildman–Crippen LogP) is -6.51. The Morgan fingerprint density at radius 2 is 1.14 bits per heavy atom. The summed E-state index contributed by atoms with van der Waals surface area (Å²) in [5.74, 6) is -4.37. The van der Waals surface area contributed by atoms with E-state index >= 15 is 0 Å². The molecule has 0 aliphatic carbocycles. The molecule has 0 aromatic rings. The topological polar surface area (TPSA) is 80.3 Å². The van der Waals surface area contributed by atoms with E-state index in [0.29, 0.717) is 0 Å². The summed E-state index contributed by atoms with van der Waals surface area (Å²) in [4.78, 5) is 17.9. The molecule has 0 spiro atoms. The molecule has 0 bridgehead atoms. The average molecular weight is 111 g/mol. The van der Waals surface area contributed by atoms with Crippen molar-refractivity contribution in [3.05, 3.63) is 0 Å². The fraction of sp³-hybridized carbons (Fsp3) is 0. The van der Waals surface area contributed by atoms with Gasteiger partial charge in [-0.25, -0.2) is 0 Å². The van der Waals surface area contributed by atoms with Crippen LogP contribution >= 0.6 is 0 Å². The largest absolute Gasteiger partial charge is 1.00 e. The van der Waals surface area contributed by atoms with Gasteiger partial charge in [-0.1, -0.05) is 0 Å². The zero-order valence-electron chi connectivity index (χ0n) is 3.63. The van der Waals surface area contributed by atoms with Crippen LogP contribution in [0.1, 0.15) is 0 Å². The van der Waals surface area contributed by atoms with Gasteiger partial charge < -0.3 is 19.8 Å². The molecule has 5 heteroatoms. The van der Waals surface area contributed by atoms with Crippen molar-refractivity contribution in [2.75, 3.05) is 0 Å². The van der Waals surface area contributed by atoms with Crippen LogP contribution in [0.5, 0.6) is 0 Å². The van der Waals surface area contributed by atoms with E-state index in [2.05, 4.69) is 0 Å². The third-order valence-electron chi connectivity index (χ3n) is 0.167. The quantitative estimate of drug-likeness (QED) is 0.230. The molecule has 0 rings (SSSR count). The van der Waals surface area contributed by atoms with Gasteiger partial charge in [-0.05, 0) is 0 Å². The summed E-state index contributed by atoms with van der Waals surface area (Å²) in [7, 11) is 0. The fourth-order valence-corrected chi connectivity index (χ4v) is 0. The molecule has 0 saturated heterocycles. The summed E-state index contributed by atoms with van der Waals surface area (Å²) in [6, 6.07) is 0. The monoisotopic (exact) mass is 111 g/mol. The summed E-state index contributed by atoms with van der Waals surface area (Å²) in [5, 5.41) is 17.9. The van der Waals surface area contributed by atoms with Gasteiger partial charge in [0.2, 0.25) is 0 Å². The zero-order chi connectivity index (χ0) is 5.15. The number of carbonyl (C=O) groups excluding carboxylic acids is 2. The Morgan fingerprint density at radius 1 is 1.00 bits per heavy atom. The predicted molar refractivity (Wildman–Crippen MR) is 10.0 cm³/mol. The second-order valence-corrected chi connectivity index (χ2v) is 0.575. The summed E-state index contributed by atoms with van der Waals surface area (Å²) >= 11 is 0. The van der Waals surface area contributed by atoms with Gasteiger partial charge in [0.1, 0.15) is 0 Å². The van der Waals surface area contributed by atoms with Crippen LogP contribution in [0.15, 0.2) is 0 Å². The maximum atomic E-state index is 8.93. The third-order valence-corrected chi connectivity index (χ3v) is 0.167. The first-order valence-electron chi connectivity index (χ1n) is 1.07. The normalized spacial score (nSPS) is 6.29. The van der Waals surface area contributed by atoms with Crippen LogP contribution < -0.4 is 39.8 Å². The Bertz CT molecular complexity index is 75.7. The van der Waals surface area contributed by atoms with Crippen molar-refractivity contribution in [2.24, 2.45) is 0 Å². The van der Waals surface area contributed by atoms with Gasteiger partial charge in [-0.2, -0.15) is 0 Å². The second kappa shape index (κ2) is 4.11. The van der Waals surface area contributed by atoms with E-state index in [-0.39, 0.29) is 29.6 Å². The van der Waals surface area contributed by atoms with Gasteiger partial charge in [0.15, 0.2) is 0 Å². The number of rotatable bonds is 0. The molecule has 0 unspecified atom stereocenters. The molecule has 4 nitrogen and oxygen atoms in total. The van der Waals surface area contributed by atoms with Crippen molar-refractivity contribution in [3.8, 4) is 0 Å². The van der Waals surface area contributed by atoms with Crippen molar-refractivity contribution in [2.45, 2.75) is 0 Å². The van der Waals surface area contributed by atoms with Crippen LogP contribution in [0.4, 0.5) is 0 Å². The Hall–Kier alpha value is -0.0600. The first-order valence-corrected chi connectivity index (χ1v) is 1.07. The molecular formula is C2NaO4-.